The fraction of sp³-hybridized carbons (Fsp3) is 0.857. The van der Waals surface area contributed by atoms with Crippen LogP contribution in [0.2, 0.25) is 0 Å². The van der Waals surface area contributed by atoms with Gasteiger partial charge in [-0.15, -0.1) is 0 Å². The highest BCUT2D eigenvalue weighted by Crippen LogP contribution is 2.32. The molecule has 0 aromatic rings. The minimum absolute atomic E-state index is 0.221. The molecule has 0 bridgehead atoms. The molecule has 2 N–H and O–H groups in total. The molecule has 1 heterocycles. The van der Waals surface area contributed by atoms with Crippen molar-refractivity contribution in [2.24, 2.45) is 5.41 Å². The molecule has 0 aromatic carbocycles. The van der Waals surface area contributed by atoms with Crippen molar-refractivity contribution >= 4 is 15.9 Å². The molecule has 1 saturated heterocycles. The first-order valence-electron chi connectivity index (χ1n) is 4.07. The second kappa shape index (κ2) is 2.95. The Hall–Kier alpha value is -0.620. The highest BCUT2D eigenvalue weighted by Gasteiger charge is 2.48. The number of hydrogen-bond acceptors (Lipinski definition) is 3. The Kier molecular flexibility index (Phi) is 2.38. The van der Waals surface area contributed by atoms with Crippen LogP contribution in [0.25, 0.3) is 0 Å². The Bertz CT molecular complexity index is 317. The van der Waals surface area contributed by atoms with Crippen LogP contribution < -0.4 is 0 Å². The Balaban J connectivity index is 2.65. The van der Waals surface area contributed by atoms with Crippen LogP contribution in [0.5, 0.6) is 0 Å². The molecule has 6 heteroatoms. The predicted molar refractivity (Wildman–Crippen MR) is 48.7 cm³/mol. The zero-order chi connectivity index (χ0) is 10.3. The van der Waals surface area contributed by atoms with Gasteiger partial charge in [0.1, 0.15) is 9.92 Å². The van der Waals surface area contributed by atoms with Crippen molar-refractivity contribution in [2.75, 3.05) is 18.8 Å². The molecule has 0 radical (unpaired) electrons. The van der Waals surface area contributed by atoms with Gasteiger partial charge in [-0.25, -0.2) is 13.3 Å². The van der Waals surface area contributed by atoms with Gasteiger partial charge in [-0.2, -0.15) is 0 Å². The molecule has 1 atom stereocenters. The minimum Gasteiger partial charge on any atom is -0.481 e. The summed E-state index contributed by atoms with van der Waals surface area (Å²) in [5.74, 6) is -0.627. The monoisotopic (exact) mass is 206 g/mol. The van der Waals surface area contributed by atoms with Crippen LogP contribution in [0.15, 0.2) is 0 Å². The normalized spacial score (nSPS) is 26.0. The number of rotatable bonds is 3. The van der Waals surface area contributed by atoms with E-state index in [1.165, 1.54) is 4.31 Å². The lowest BCUT2D eigenvalue weighted by atomic mass is 9.84. The fourth-order valence-electron chi connectivity index (χ4n) is 1.26. The molecule has 1 fully saturated rings. The van der Waals surface area contributed by atoms with Crippen LogP contribution in [0.1, 0.15) is 13.8 Å². The van der Waals surface area contributed by atoms with Crippen LogP contribution in [0, 0.1) is 10.2 Å². The van der Waals surface area contributed by atoms with E-state index in [2.05, 4.69) is 0 Å². The van der Waals surface area contributed by atoms with Gasteiger partial charge >= 0.3 is 5.97 Å². The van der Waals surface area contributed by atoms with Gasteiger partial charge in [0.2, 0.25) is 0 Å². The number of hydrogen-bond donors (Lipinski definition) is 2. The number of aliphatic carboxylic acids is 1. The molecule has 0 aliphatic carbocycles. The van der Waals surface area contributed by atoms with E-state index < -0.39 is 21.3 Å². The van der Waals surface area contributed by atoms with E-state index >= 15 is 0 Å². The molecule has 1 aliphatic rings. The van der Waals surface area contributed by atoms with Gasteiger partial charge in [0.15, 0.2) is 0 Å². The van der Waals surface area contributed by atoms with Crippen LogP contribution in [-0.2, 0) is 14.7 Å². The Morgan fingerprint density at radius 1 is 1.69 bits per heavy atom. The van der Waals surface area contributed by atoms with Gasteiger partial charge in [0.05, 0.1) is 5.41 Å². The SMILES string of the molecule is CCS(=N)(=O)N1CC(C)(C(=O)O)C1. The number of carbonyl (C=O) groups is 1. The maximum absolute atomic E-state index is 11.4. The summed E-state index contributed by atoms with van der Waals surface area (Å²) < 4.78 is 20.3. The molecule has 13 heavy (non-hydrogen) atoms. The summed E-state index contributed by atoms with van der Waals surface area (Å²) in [6.45, 7) is 3.72. The van der Waals surface area contributed by atoms with Crippen molar-refractivity contribution in [2.45, 2.75) is 13.8 Å². The molecule has 0 saturated carbocycles. The van der Waals surface area contributed by atoms with E-state index in [0.717, 1.165) is 0 Å². The van der Waals surface area contributed by atoms with Gasteiger partial charge in [-0.3, -0.25) is 4.79 Å². The highest BCUT2D eigenvalue weighted by molar-refractivity contribution is 7.90. The molecule has 1 aliphatic heterocycles. The third-order valence-electron chi connectivity index (χ3n) is 2.38. The van der Waals surface area contributed by atoms with Crippen LogP contribution >= 0.6 is 0 Å². The largest absolute Gasteiger partial charge is 0.481 e. The summed E-state index contributed by atoms with van der Waals surface area (Å²) in [6, 6.07) is 0. The van der Waals surface area contributed by atoms with Crippen molar-refractivity contribution in [3.8, 4) is 0 Å². The Morgan fingerprint density at radius 3 is 2.46 bits per heavy atom. The van der Waals surface area contributed by atoms with E-state index in [1.54, 1.807) is 13.8 Å². The third-order valence-corrected chi connectivity index (χ3v) is 4.25. The van der Waals surface area contributed by atoms with E-state index in [-0.39, 0.29) is 18.8 Å². The number of nitrogens with zero attached hydrogens (tertiary/aromatic N) is 1. The summed E-state index contributed by atoms with van der Waals surface area (Å²) in [7, 11) is -2.70. The number of nitrogens with one attached hydrogen (secondary N) is 1. The van der Waals surface area contributed by atoms with Crippen molar-refractivity contribution in [1.29, 1.82) is 4.78 Å². The maximum atomic E-state index is 11.4. The lowest BCUT2D eigenvalue weighted by Crippen LogP contribution is -2.60. The first kappa shape index (κ1) is 10.5. The van der Waals surface area contributed by atoms with Crippen molar-refractivity contribution in [1.82, 2.24) is 4.31 Å². The smallest absolute Gasteiger partial charge is 0.312 e. The molecule has 1 unspecified atom stereocenters. The lowest BCUT2D eigenvalue weighted by Gasteiger charge is -2.44. The molecule has 0 spiro atoms. The quantitative estimate of drug-likeness (QED) is 0.700. The lowest BCUT2D eigenvalue weighted by molar-refractivity contribution is -0.154. The topological polar surface area (TPSA) is 81.5 Å². The Morgan fingerprint density at radius 2 is 2.15 bits per heavy atom. The van der Waals surface area contributed by atoms with Gasteiger partial charge in [0, 0.05) is 18.8 Å². The number of carboxylic acid groups (broad SMARTS) is 1. The molecule has 0 amide bonds. The summed E-state index contributed by atoms with van der Waals surface area (Å²) in [5, 5.41) is 8.77. The van der Waals surface area contributed by atoms with E-state index in [4.69, 9.17) is 9.89 Å². The standard InChI is InChI=1S/C7H14N2O3S/c1-3-13(8,12)9-4-7(2,5-9)6(10)11/h8H,3-5H2,1-2H3,(H,10,11). The second-order valence-corrected chi connectivity index (χ2v) is 5.97. The zero-order valence-electron chi connectivity index (χ0n) is 7.74. The second-order valence-electron chi connectivity index (χ2n) is 3.59. The van der Waals surface area contributed by atoms with Crippen molar-refractivity contribution in [3.05, 3.63) is 0 Å². The Labute approximate surface area is 77.8 Å². The predicted octanol–water partition coefficient (Wildman–Crippen LogP) is 0.375. The molecular weight excluding hydrogens is 192 g/mol. The summed E-state index contributed by atoms with van der Waals surface area (Å²) in [5.41, 5.74) is -0.807. The first-order chi connectivity index (χ1) is 5.82. The average molecular weight is 206 g/mol. The summed E-state index contributed by atoms with van der Waals surface area (Å²) in [4.78, 5) is 10.7. The summed E-state index contributed by atoms with van der Waals surface area (Å²) in [6.07, 6.45) is 0. The summed E-state index contributed by atoms with van der Waals surface area (Å²) >= 11 is 0. The molecule has 5 nitrogen and oxygen atoms in total. The molecular formula is C7H14N2O3S. The zero-order valence-corrected chi connectivity index (χ0v) is 8.56. The van der Waals surface area contributed by atoms with Crippen LogP contribution in [-0.4, -0.2) is 38.4 Å². The van der Waals surface area contributed by atoms with Crippen LogP contribution in [0.3, 0.4) is 0 Å². The van der Waals surface area contributed by atoms with Crippen LogP contribution in [0.4, 0.5) is 0 Å². The minimum atomic E-state index is -2.70. The average Bonchev–Trinajstić information content (AvgIpc) is 1.98. The molecule has 1 rings (SSSR count). The molecule has 0 aromatic heterocycles. The third kappa shape index (κ3) is 1.68. The van der Waals surface area contributed by atoms with Crippen molar-refractivity contribution < 1.29 is 14.1 Å². The van der Waals surface area contributed by atoms with Gasteiger partial charge < -0.3 is 5.11 Å². The van der Waals surface area contributed by atoms with Gasteiger partial charge in [-0.05, 0) is 6.92 Å². The highest BCUT2D eigenvalue weighted by atomic mass is 32.2. The fourth-order valence-corrected chi connectivity index (χ4v) is 2.61. The van der Waals surface area contributed by atoms with E-state index in [9.17, 15) is 9.00 Å². The van der Waals surface area contributed by atoms with E-state index in [1.807, 2.05) is 0 Å². The number of carboxylic acids is 1. The van der Waals surface area contributed by atoms with Gasteiger partial charge in [-0.1, -0.05) is 6.92 Å². The van der Waals surface area contributed by atoms with E-state index in [0.29, 0.717) is 0 Å². The van der Waals surface area contributed by atoms with Crippen molar-refractivity contribution in [3.63, 3.8) is 0 Å². The maximum Gasteiger partial charge on any atom is 0.312 e. The first-order valence-corrected chi connectivity index (χ1v) is 5.75. The molecule has 76 valence electrons. The van der Waals surface area contributed by atoms with Gasteiger partial charge in [0.25, 0.3) is 0 Å².